The summed E-state index contributed by atoms with van der Waals surface area (Å²) in [6.07, 6.45) is 5.91. The van der Waals surface area contributed by atoms with Gasteiger partial charge in [0.15, 0.2) is 23.8 Å². The van der Waals surface area contributed by atoms with Crippen LogP contribution >= 0.6 is 0 Å². The van der Waals surface area contributed by atoms with Gasteiger partial charge in [0.1, 0.15) is 42.5 Å². The number of hydrogen-bond acceptors (Lipinski definition) is 17. The van der Waals surface area contributed by atoms with Gasteiger partial charge >= 0.3 is 0 Å². The van der Waals surface area contributed by atoms with E-state index in [-0.39, 0.29) is 127 Å². The van der Waals surface area contributed by atoms with Crippen molar-refractivity contribution in [2.24, 2.45) is 94.5 Å². The van der Waals surface area contributed by atoms with Crippen molar-refractivity contribution in [3.05, 3.63) is 0 Å². The van der Waals surface area contributed by atoms with Gasteiger partial charge in [-0.3, -0.25) is 53.5 Å². The zero-order valence-electron chi connectivity index (χ0n) is 46.6. The first kappa shape index (κ1) is 72.8. The van der Waals surface area contributed by atoms with Crippen LogP contribution in [0.4, 0.5) is 0 Å². The first-order valence-electron chi connectivity index (χ1n) is 27.5. The second kappa shape index (κ2) is 44.7. The Bertz CT molecular complexity index is 1960. The van der Waals surface area contributed by atoms with E-state index in [9.17, 15) is 38.4 Å². The summed E-state index contributed by atoms with van der Waals surface area (Å²) in [5, 5.41) is 19.0. The van der Waals surface area contributed by atoms with Crippen LogP contribution in [-0.2, 0) is 38.4 Å². The van der Waals surface area contributed by atoms with Gasteiger partial charge in [-0.15, -0.1) is 0 Å². The zero-order chi connectivity index (χ0) is 60.3. The van der Waals surface area contributed by atoms with Gasteiger partial charge in [0.25, 0.3) is 0 Å². The fourth-order valence-electron chi connectivity index (χ4n) is 7.86. The van der Waals surface area contributed by atoms with Crippen LogP contribution in [0.2, 0.25) is 0 Å². The summed E-state index contributed by atoms with van der Waals surface area (Å²) in [4.78, 5) is 126. The van der Waals surface area contributed by atoms with Crippen LogP contribution in [0.3, 0.4) is 0 Å². The highest BCUT2D eigenvalue weighted by Crippen LogP contribution is 2.12. The minimum Gasteiger partial charge on any atom is -0.370 e. The molecule has 32 nitrogen and oxygen atoms in total. The second-order valence-corrected chi connectivity index (χ2v) is 19.2. The number of carbonyl (C=O) groups excluding carboxylic acids is 8. The summed E-state index contributed by atoms with van der Waals surface area (Å²) in [7, 11) is 0. The highest BCUT2D eigenvalue weighted by Gasteiger charge is 2.34. The number of aldehydes is 1. The van der Waals surface area contributed by atoms with Crippen LogP contribution in [0.25, 0.3) is 0 Å². The van der Waals surface area contributed by atoms with Crippen molar-refractivity contribution < 1.29 is 38.4 Å². The van der Waals surface area contributed by atoms with Crippen LogP contribution in [0.5, 0.6) is 0 Å². The summed E-state index contributed by atoms with van der Waals surface area (Å²) in [6, 6.07) is -9.51. The summed E-state index contributed by atoms with van der Waals surface area (Å²) >= 11 is 0. The number of nitrogens with zero attached hydrogens (tertiary/aromatic N) is 4. The Balaban J connectivity index is 7.06. The quantitative estimate of drug-likeness (QED) is 0.0116. The Labute approximate surface area is 469 Å². The highest BCUT2D eigenvalue weighted by atomic mass is 16.2. The van der Waals surface area contributed by atoms with Crippen molar-refractivity contribution in [2.45, 2.75) is 177 Å². The van der Waals surface area contributed by atoms with Gasteiger partial charge in [-0.2, -0.15) is 0 Å². The predicted molar refractivity (Wildman–Crippen MR) is 309 cm³/mol. The third-order valence-electron chi connectivity index (χ3n) is 12.2. The summed E-state index contributed by atoms with van der Waals surface area (Å²) in [6.45, 7) is 1.67. The molecule has 0 radical (unpaired) electrons. The summed E-state index contributed by atoms with van der Waals surface area (Å²) < 4.78 is 0. The maximum atomic E-state index is 14.5. The summed E-state index contributed by atoms with van der Waals surface area (Å²) in [5.74, 6) is -5.88. The van der Waals surface area contributed by atoms with E-state index < -0.39 is 89.7 Å². The number of hydrogen-bond donors (Lipinski definition) is 20. The van der Waals surface area contributed by atoms with Crippen LogP contribution in [0, 0.1) is 0 Å². The average Bonchev–Trinajstić information content (AvgIpc) is 3.40. The van der Waals surface area contributed by atoms with Crippen molar-refractivity contribution >= 4 is 71.5 Å². The van der Waals surface area contributed by atoms with Gasteiger partial charge in [-0.25, -0.2) is 0 Å². The maximum Gasteiger partial charge on any atom is 0.243 e. The van der Waals surface area contributed by atoms with Gasteiger partial charge in [0.05, 0.1) is 12.1 Å². The number of nitrogens with one attached hydrogen (secondary N) is 7. The van der Waals surface area contributed by atoms with Crippen molar-refractivity contribution in [3.8, 4) is 0 Å². The van der Waals surface area contributed by atoms with E-state index in [2.05, 4.69) is 57.2 Å². The number of nitrogens with two attached hydrogens (primary N) is 13. The van der Waals surface area contributed by atoms with E-state index in [1.54, 1.807) is 0 Å². The van der Waals surface area contributed by atoms with E-state index in [0.29, 0.717) is 83.6 Å². The standard InChI is InChI=1S/C48H98N24O8/c49-21-5-1-14-31(53)38(74)67-35(18-10-26-63-46(56)57)42(78)69-33(16-3-7-23-51)40(76)72-37(20-12-28-65-48(60)61)44(80)70-34(17-4-8-24-52)41(77)71-36(19-11-27-64-47(58)59)43(79)68-32(15-2-6-22-50)39(75)66-30(29-73)13-9-25-62-45(54)55/h29-37H,1-28,49-53H2,(H,66,75)(H,67,74)(H,68,79)(H,69,78)(H,70,80)(H,71,77)(H,72,76)(H4,54,55,62)(H4,56,57,63)(H4,58,59,64)(H4,60,61,65)/t30-,31-,32-,33-,34-,35-,36-,37-/m0/s1. The SMILES string of the molecule is NCCCC[C@H](NC(=O)[C@H](CCCN=C(N)N)NC(=O)[C@H](CCCCN)NC(=O)[C@H](CCCN=C(N)N)NC(=O)[C@H](CCCCN)NC(=O)[C@H](CCCN=C(N)N)NC(=O)[C@@H](N)CCCCN)C(=O)N[C@H](C=O)CCCN=C(N)N. The molecular weight excluding hydrogens is 1040 g/mol. The fourth-order valence-corrected chi connectivity index (χ4v) is 7.86. The van der Waals surface area contributed by atoms with E-state index >= 15 is 0 Å². The molecule has 8 atom stereocenters. The lowest BCUT2D eigenvalue weighted by Crippen LogP contribution is -2.60. The predicted octanol–water partition coefficient (Wildman–Crippen LogP) is -7.36. The molecule has 0 unspecified atom stereocenters. The Hall–Kier alpha value is -7.16. The second-order valence-electron chi connectivity index (χ2n) is 19.2. The fraction of sp³-hybridized carbons (Fsp3) is 0.750. The smallest absolute Gasteiger partial charge is 0.243 e. The molecule has 0 aromatic heterocycles. The van der Waals surface area contributed by atoms with E-state index in [0.717, 1.165) is 0 Å². The lowest BCUT2D eigenvalue weighted by Gasteiger charge is -2.28. The number of aliphatic imine (C=N–C) groups is 4. The summed E-state index contributed by atoms with van der Waals surface area (Å²) in [5.41, 5.74) is 73.1. The number of guanidine groups is 4. The Morgan fingerprint density at radius 1 is 0.312 bits per heavy atom. The van der Waals surface area contributed by atoms with Gasteiger partial charge in [-0.1, -0.05) is 6.42 Å². The molecule has 0 rings (SSSR count). The largest absolute Gasteiger partial charge is 0.370 e. The first-order chi connectivity index (χ1) is 38.1. The van der Waals surface area contributed by atoms with Crippen LogP contribution < -0.4 is 112 Å². The van der Waals surface area contributed by atoms with E-state index in [1.165, 1.54) is 0 Å². The lowest BCUT2D eigenvalue weighted by molar-refractivity contribution is -0.136. The topological polar surface area (TPSA) is 608 Å². The molecule has 0 saturated heterocycles. The van der Waals surface area contributed by atoms with Crippen LogP contribution in [0.1, 0.15) is 128 Å². The van der Waals surface area contributed by atoms with Crippen molar-refractivity contribution in [3.63, 3.8) is 0 Å². The van der Waals surface area contributed by atoms with Gasteiger partial charge < -0.3 is 117 Å². The monoisotopic (exact) mass is 1140 g/mol. The molecule has 0 fully saturated rings. The molecule has 0 saturated carbocycles. The number of carbonyl (C=O) groups is 8. The molecule has 0 aromatic rings. The van der Waals surface area contributed by atoms with E-state index in [1.807, 2.05) is 0 Å². The molecular formula is C48H98N24O8. The molecule has 0 aromatic carbocycles. The number of rotatable bonds is 47. The maximum absolute atomic E-state index is 14.5. The first-order valence-corrected chi connectivity index (χ1v) is 27.5. The molecule has 0 spiro atoms. The van der Waals surface area contributed by atoms with Crippen molar-refractivity contribution in [1.82, 2.24) is 37.2 Å². The molecule has 0 heterocycles. The van der Waals surface area contributed by atoms with Crippen LogP contribution in [0.15, 0.2) is 20.0 Å². The molecule has 7 amide bonds. The molecule has 0 aliphatic rings. The third kappa shape index (κ3) is 35.4. The normalized spacial score (nSPS) is 13.9. The molecule has 33 N–H and O–H groups in total. The van der Waals surface area contributed by atoms with Crippen LogP contribution in [-0.4, -0.2) is 172 Å². The number of amides is 7. The van der Waals surface area contributed by atoms with Gasteiger partial charge in [-0.05, 0) is 148 Å². The molecule has 0 aliphatic carbocycles. The third-order valence-corrected chi connectivity index (χ3v) is 12.2. The van der Waals surface area contributed by atoms with Crippen molar-refractivity contribution in [1.29, 1.82) is 0 Å². The van der Waals surface area contributed by atoms with Gasteiger partial charge in [0.2, 0.25) is 41.4 Å². The number of unbranched alkanes of at least 4 members (excludes halogenated alkanes) is 4. The Morgan fingerprint density at radius 3 is 0.787 bits per heavy atom. The Morgan fingerprint density at radius 2 is 0.537 bits per heavy atom. The molecule has 458 valence electrons. The lowest BCUT2D eigenvalue weighted by atomic mass is 10.0. The Kier molecular flexibility index (Phi) is 40.7. The molecule has 0 aliphatic heterocycles. The zero-order valence-corrected chi connectivity index (χ0v) is 46.6. The highest BCUT2D eigenvalue weighted by molar-refractivity contribution is 5.97. The van der Waals surface area contributed by atoms with E-state index in [4.69, 9.17) is 74.5 Å². The minimum absolute atomic E-state index is 0.0247. The molecule has 80 heavy (non-hydrogen) atoms. The van der Waals surface area contributed by atoms with Gasteiger partial charge in [0, 0.05) is 26.2 Å². The minimum atomic E-state index is -1.36. The molecule has 32 heteroatoms. The van der Waals surface area contributed by atoms with Crippen molar-refractivity contribution in [2.75, 3.05) is 52.4 Å². The molecule has 0 bridgehead atoms. The average molecular weight is 1140 g/mol.